The second-order valence-electron chi connectivity index (χ2n) is 3.98. The van der Waals surface area contributed by atoms with Gasteiger partial charge in [-0.1, -0.05) is 13.3 Å². The molecule has 0 saturated carbocycles. The van der Waals surface area contributed by atoms with E-state index in [4.69, 9.17) is 10.5 Å². The molecule has 0 aliphatic carbocycles. The number of aliphatic imine (C=N–C) groups is 1. The lowest BCUT2D eigenvalue weighted by atomic mass is 10.2. The maximum absolute atomic E-state index is 13.2. The first kappa shape index (κ1) is 17.9. The lowest BCUT2D eigenvalue weighted by molar-refractivity contribution is 0.410. The zero-order valence-corrected chi connectivity index (χ0v) is 13.6. The zero-order chi connectivity index (χ0) is 13.4. The molecular formula is C13H21FIN3O. The molecule has 0 saturated heterocycles. The molecule has 0 bridgehead atoms. The van der Waals surface area contributed by atoms with Gasteiger partial charge < -0.3 is 15.8 Å². The second-order valence-corrected chi connectivity index (χ2v) is 3.98. The molecule has 0 radical (unpaired) electrons. The molecule has 0 fully saturated rings. The van der Waals surface area contributed by atoms with Crippen LogP contribution in [0.2, 0.25) is 0 Å². The van der Waals surface area contributed by atoms with Crippen molar-refractivity contribution in [3.63, 3.8) is 0 Å². The van der Waals surface area contributed by atoms with E-state index in [1.54, 1.807) is 6.07 Å². The van der Waals surface area contributed by atoms with Crippen molar-refractivity contribution in [3.8, 4) is 5.75 Å². The average molecular weight is 381 g/mol. The Kier molecular flexibility index (Phi) is 9.28. The van der Waals surface area contributed by atoms with Crippen molar-refractivity contribution >= 4 is 29.9 Å². The molecule has 0 spiro atoms. The monoisotopic (exact) mass is 381 g/mol. The van der Waals surface area contributed by atoms with Crippen molar-refractivity contribution in [2.45, 2.75) is 26.3 Å². The third-order valence-corrected chi connectivity index (χ3v) is 2.44. The molecule has 1 aromatic rings. The van der Waals surface area contributed by atoms with Crippen LogP contribution < -0.4 is 15.8 Å². The highest BCUT2D eigenvalue weighted by molar-refractivity contribution is 14.0. The van der Waals surface area contributed by atoms with Crippen molar-refractivity contribution in [1.82, 2.24) is 5.32 Å². The van der Waals surface area contributed by atoms with Crippen molar-refractivity contribution in [1.29, 1.82) is 0 Å². The van der Waals surface area contributed by atoms with E-state index >= 15 is 0 Å². The Morgan fingerprint density at radius 1 is 1.42 bits per heavy atom. The number of ether oxygens (including phenoxy) is 1. The molecule has 0 aromatic heterocycles. The summed E-state index contributed by atoms with van der Waals surface area (Å²) in [5.41, 5.74) is 6.41. The van der Waals surface area contributed by atoms with Crippen LogP contribution in [0.5, 0.6) is 5.75 Å². The summed E-state index contributed by atoms with van der Waals surface area (Å²) in [5.74, 6) is 0.529. The molecule has 0 aliphatic heterocycles. The number of unbranched alkanes of at least 4 members (excludes halogenated alkanes) is 1. The van der Waals surface area contributed by atoms with Crippen molar-refractivity contribution in [3.05, 3.63) is 29.6 Å². The van der Waals surface area contributed by atoms with Crippen molar-refractivity contribution in [2.24, 2.45) is 10.7 Å². The smallest absolute Gasteiger partial charge is 0.188 e. The summed E-state index contributed by atoms with van der Waals surface area (Å²) >= 11 is 0. The first-order valence-corrected chi connectivity index (χ1v) is 6.03. The first-order valence-electron chi connectivity index (χ1n) is 6.03. The fourth-order valence-corrected chi connectivity index (χ4v) is 1.46. The summed E-state index contributed by atoms with van der Waals surface area (Å²) in [6, 6.07) is 4.49. The van der Waals surface area contributed by atoms with Crippen LogP contribution in [0.15, 0.2) is 23.2 Å². The Balaban J connectivity index is 0.00000324. The number of halogens is 2. The van der Waals surface area contributed by atoms with Crippen LogP contribution in [-0.4, -0.2) is 19.6 Å². The molecule has 0 aliphatic rings. The van der Waals surface area contributed by atoms with Crippen LogP contribution in [0.3, 0.4) is 0 Å². The van der Waals surface area contributed by atoms with Gasteiger partial charge >= 0.3 is 0 Å². The number of hydrogen-bond acceptors (Lipinski definition) is 2. The number of benzene rings is 1. The quantitative estimate of drug-likeness (QED) is 0.345. The van der Waals surface area contributed by atoms with Gasteiger partial charge in [0.25, 0.3) is 0 Å². The second kappa shape index (κ2) is 9.82. The van der Waals surface area contributed by atoms with Gasteiger partial charge in [0, 0.05) is 12.6 Å². The van der Waals surface area contributed by atoms with Crippen LogP contribution in [0, 0.1) is 5.82 Å². The molecule has 1 aromatic carbocycles. The van der Waals surface area contributed by atoms with E-state index in [0.29, 0.717) is 18.3 Å². The van der Waals surface area contributed by atoms with Crippen LogP contribution in [0.25, 0.3) is 0 Å². The number of nitrogens with two attached hydrogens (primary N) is 1. The highest BCUT2D eigenvalue weighted by atomic mass is 127. The Morgan fingerprint density at radius 2 is 2.16 bits per heavy atom. The number of rotatable bonds is 6. The highest BCUT2D eigenvalue weighted by Gasteiger charge is 2.00. The third-order valence-electron chi connectivity index (χ3n) is 2.44. The topological polar surface area (TPSA) is 59.6 Å². The number of guanidine groups is 1. The van der Waals surface area contributed by atoms with Gasteiger partial charge in [-0.2, -0.15) is 0 Å². The minimum atomic E-state index is -0.336. The molecule has 108 valence electrons. The molecule has 0 atom stereocenters. The Morgan fingerprint density at radius 3 is 2.79 bits per heavy atom. The fraction of sp³-hybridized carbons (Fsp3) is 0.462. The lowest BCUT2D eigenvalue weighted by Gasteiger charge is -2.06. The predicted octanol–water partition coefficient (Wildman–Crippen LogP) is 2.66. The van der Waals surface area contributed by atoms with E-state index in [0.717, 1.165) is 24.9 Å². The molecule has 6 heteroatoms. The van der Waals surface area contributed by atoms with Gasteiger partial charge in [0.2, 0.25) is 0 Å². The summed E-state index contributed by atoms with van der Waals surface area (Å²) in [7, 11) is 1.50. The summed E-state index contributed by atoms with van der Waals surface area (Å²) in [6.07, 6.45) is 2.14. The zero-order valence-electron chi connectivity index (χ0n) is 11.3. The molecule has 0 amide bonds. The lowest BCUT2D eigenvalue weighted by Crippen LogP contribution is -2.32. The maximum Gasteiger partial charge on any atom is 0.188 e. The van der Waals surface area contributed by atoms with E-state index in [9.17, 15) is 4.39 Å². The van der Waals surface area contributed by atoms with Gasteiger partial charge in [-0.25, -0.2) is 9.38 Å². The Hall–Kier alpha value is -1.05. The van der Waals surface area contributed by atoms with E-state index < -0.39 is 0 Å². The van der Waals surface area contributed by atoms with Crippen molar-refractivity contribution < 1.29 is 9.13 Å². The van der Waals surface area contributed by atoms with Gasteiger partial charge in [-0.05, 0) is 24.1 Å². The van der Waals surface area contributed by atoms with Crippen LogP contribution in [-0.2, 0) is 6.54 Å². The summed E-state index contributed by atoms with van der Waals surface area (Å²) < 4.78 is 18.2. The number of nitrogens with zero attached hydrogens (tertiary/aromatic N) is 1. The van der Waals surface area contributed by atoms with Crippen molar-refractivity contribution in [2.75, 3.05) is 13.7 Å². The average Bonchev–Trinajstić information content (AvgIpc) is 2.36. The van der Waals surface area contributed by atoms with Crippen LogP contribution in [0.4, 0.5) is 4.39 Å². The number of methoxy groups -OCH3 is 1. The normalized spacial score (nSPS) is 10.8. The molecule has 0 heterocycles. The minimum absolute atomic E-state index is 0. The minimum Gasteiger partial charge on any atom is -0.497 e. The standard InChI is InChI=1S/C13H20FN3O.HI/c1-3-4-5-16-13(15)17-9-10-6-11(14)8-12(7-10)18-2;/h6-8H,3-5,9H2,1-2H3,(H3,15,16,17);1H. The van der Waals surface area contributed by atoms with E-state index in [2.05, 4.69) is 17.2 Å². The fourth-order valence-electron chi connectivity index (χ4n) is 1.46. The van der Waals surface area contributed by atoms with E-state index in [-0.39, 0.29) is 29.8 Å². The molecule has 1 rings (SSSR count). The van der Waals surface area contributed by atoms with Crippen LogP contribution >= 0.6 is 24.0 Å². The Bertz CT molecular complexity index is 413. The summed E-state index contributed by atoms with van der Waals surface area (Å²) in [6.45, 7) is 3.24. The summed E-state index contributed by atoms with van der Waals surface area (Å²) in [5, 5.41) is 3.00. The maximum atomic E-state index is 13.2. The Labute approximate surface area is 130 Å². The van der Waals surface area contributed by atoms with Gasteiger partial charge in [0.1, 0.15) is 11.6 Å². The van der Waals surface area contributed by atoms with E-state index in [1.807, 2.05) is 0 Å². The summed E-state index contributed by atoms with van der Waals surface area (Å²) in [4.78, 5) is 4.14. The van der Waals surface area contributed by atoms with Gasteiger partial charge in [-0.15, -0.1) is 24.0 Å². The predicted molar refractivity (Wildman–Crippen MR) is 86.6 cm³/mol. The number of nitrogens with one attached hydrogen (secondary N) is 1. The van der Waals surface area contributed by atoms with Gasteiger partial charge in [-0.3, -0.25) is 0 Å². The van der Waals surface area contributed by atoms with E-state index in [1.165, 1.54) is 19.2 Å². The van der Waals surface area contributed by atoms with Crippen LogP contribution in [0.1, 0.15) is 25.3 Å². The molecule has 19 heavy (non-hydrogen) atoms. The van der Waals surface area contributed by atoms with Gasteiger partial charge in [0.05, 0.1) is 13.7 Å². The first-order chi connectivity index (χ1) is 8.65. The molecule has 0 unspecified atom stereocenters. The van der Waals surface area contributed by atoms with Gasteiger partial charge in [0.15, 0.2) is 5.96 Å². The third kappa shape index (κ3) is 7.19. The molecular weight excluding hydrogens is 360 g/mol. The molecule has 4 nitrogen and oxygen atoms in total. The SMILES string of the molecule is CCCCNC(N)=NCc1cc(F)cc(OC)c1.I. The molecule has 3 N–H and O–H groups in total. The number of hydrogen-bond donors (Lipinski definition) is 2. The highest BCUT2D eigenvalue weighted by Crippen LogP contribution is 2.16. The largest absolute Gasteiger partial charge is 0.497 e.